The van der Waals surface area contributed by atoms with E-state index in [9.17, 15) is 4.79 Å². The molecule has 1 aliphatic carbocycles. The molecule has 7 heteroatoms. The molecule has 0 unspecified atom stereocenters. The Balaban J connectivity index is 1.44. The molecule has 1 aliphatic heterocycles. The van der Waals surface area contributed by atoms with Crippen LogP contribution in [0.3, 0.4) is 0 Å². The van der Waals surface area contributed by atoms with Gasteiger partial charge < -0.3 is 15.0 Å². The third-order valence-electron chi connectivity index (χ3n) is 5.36. The molecule has 1 aromatic rings. The highest BCUT2D eigenvalue weighted by Crippen LogP contribution is 2.17. The summed E-state index contributed by atoms with van der Waals surface area (Å²) in [5.41, 5.74) is 4.76. The van der Waals surface area contributed by atoms with Gasteiger partial charge in [0, 0.05) is 19.1 Å². The highest BCUT2D eigenvalue weighted by atomic mass is 32.1. The molecule has 0 aromatic heterocycles. The fraction of sp³-hybridized carbons (Fsp3) is 0.571. The number of benzene rings is 1. The second-order valence-corrected chi connectivity index (χ2v) is 7.93. The molecule has 1 saturated heterocycles. The van der Waals surface area contributed by atoms with Gasteiger partial charge in [0.25, 0.3) is 5.91 Å². The third-order valence-corrected chi connectivity index (χ3v) is 5.57. The summed E-state index contributed by atoms with van der Waals surface area (Å²) in [5.74, 6) is 0.744. The minimum Gasteiger partial charge on any atom is -0.484 e. The van der Waals surface area contributed by atoms with Gasteiger partial charge in [0.1, 0.15) is 5.75 Å². The molecule has 0 atom stereocenters. The molecule has 1 heterocycles. The number of nitrogens with zero attached hydrogens (tertiary/aromatic N) is 2. The maximum absolute atomic E-state index is 12.0. The van der Waals surface area contributed by atoms with E-state index in [-0.39, 0.29) is 12.5 Å². The smallest absolute Gasteiger partial charge is 0.260 e. The lowest BCUT2D eigenvalue weighted by Crippen LogP contribution is -2.41. The number of likely N-dealkylation sites (tertiary alicyclic amines) is 1. The molecule has 2 N–H and O–H groups in total. The zero-order valence-electron chi connectivity index (χ0n) is 16.6. The summed E-state index contributed by atoms with van der Waals surface area (Å²) >= 11 is 5.34. The van der Waals surface area contributed by atoms with Crippen molar-refractivity contribution in [2.45, 2.75) is 57.9 Å². The molecule has 1 saturated carbocycles. The van der Waals surface area contributed by atoms with Crippen molar-refractivity contribution in [3.05, 3.63) is 29.8 Å². The van der Waals surface area contributed by atoms with Gasteiger partial charge in [-0.2, -0.15) is 5.10 Å². The Morgan fingerprint density at radius 1 is 1.14 bits per heavy atom. The first-order valence-corrected chi connectivity index (χ1v) is 10.6. The summed E-state index contributed by atoms with van der Waals surface area (Å²) in [7, 11) is 0. The lowest BCUT2D eigenvalue weighted by atomic mass is 9.96. The number of hydrogen-bond donors (Lipinski definition) is 2. The van der Waals surface area contributed by atoms with Crippen LogP contribution < -0.4 is 15.5 Å². The van der Waals surface area contributed by atoms with Crippen LogP contribution in [-0.4, -0.2) is 47.4 Å². The molecular weight excluding hydrogens is 372 g/mol. The first-order chi connectivity index (χ1) is 13.6. The van der Waals surface area contributed by atoms with Crippen molar-refractivity contribution in [1.82, 2.24) is 15.6 Å². The lowest BCUT2D eigenvalue weighted by molar-refractivity contribution is -0.132. The Morgan fingerprint density at radius 3 is 2.50 bits per heavy atom. The van der Waals surface area contributed by atoms with Gasteiger partial charge in [-0.05, 0) is 74.7 Å². The SMILES string of the molecule is C/C(=N\NC(=S)NC1CCCCC1)c1ccc(OCC(=O)N2CCCC2)cc1. The average Bonchev–Trinajstić information content (AvgIpc) is 3.26. The van der Waals surface area contributed by atoms with Gasteiger partial charge in [0.05, 0.1) is 5.71 Å². The minimum atomic E-state index is 0.0579. The molecular formula is C21H30N4O2S. The summed E-state index contributed by atoms with van der Waals surface area (Å²) in [6.07, 6.45) is 8.38. The molecule has 6 nitrogen and oxygen atoms in total. The summed E-state index contributed by atoms with van der Waals surface area (Å²) in [6.45, 7) is 3.72. The fourth-order valence-electron chi connectivity index (χ4n) is 3.66. The van der Waals surface area contributed by atoms with Crippen LogP contribution in [0, 0.1) is 0 Å². The van der Waals surface area contributed by atoms with Crippen LogP contribution in [0.2, 0.25) is 0 Å². The molecule has 0 spiro atoms. The molecule has 1 aromatic carbocycles. The maximum Gasteiger partial charge on any atom is 0.260 e. The lowest BCUT2D eigenvalue weighted by Gasteiger charge is -2.23. The number of carbonyl (C=O) groups is 1. The Hall–Kier alpha value is -2.15. The molecule has 2 fully saturated rings. The van der Waals surface area contributed by atoms with E-state index < -0.39 is 0 Å². The van der Waals surface area contributed by atoms with Crippen LogP contribution in [-0.2, 0) is 4.79 Å². The second kappa shape index (κ2) is 10.4. The third kappa shape index (κ3) is 6.19. The first kappa shape index (κ1) is 20.6. The Morgan fingerprint density at radius 2 is 1.82 bits per heavy atom. The number of rotatable bonds is 6. The second-order valence-electron chi connectivity index (χ2n) is 7.52. The molecule has 3 rings (SSSR count). The Labute approximate surface area is 172 Å². The number of ether oxygens (including phenoxy) is 1. The summed E-state index contributed by atoms with van der Waals surface area (Å²) in [5, 5.41) is 8.30. The first-order valence-electron chi connectivity index (χ1n) is 10.2. The number of amides is 1. The van der Waals surface area contributed by atoms with Crippen LogP contribution in [0.15, 0.2) is 29.4 Å². The van der Waals surface area contributed by atoms with Crippen LogP contribution in [0.1, 0.15) is 57.4 Å². The summed E-state index contributed by atoms with van der Waals surface area (Å²) in [6, 6.07) is 8.07. The van der Waals surface area contributed by atoms with E-state index >= 15 is 0 Å². The van der Waals surface area contributed by atoms with Crippen molar-refractivity contribution in [2.75, 3.05) is 19.7 Å². The van der Waals surface area contributed by atoms with Crippen molar-refractivity contribution in [1.29, 1.82) is 0 Å². The monoisotopic (exact) mass is 402 g/mol. The van der Waals surface area contributed by atoms with Gasteiger partial charge in [0.15, 0.2) is 11.7 Å². The van der Waals surface area contributed by atoms with Crippen molar-refractivity contribution in [3.8, 4) is 5.75 Å². The van der Waals surface area contributed by atoms with Gasteiger partial charge in [0.2, 0.25) is 0 Å². The number of thiocarbonyl (C=S) groups is 1. The van der Waals surface area contributed by atoms with Gasteiger partial charge in [-0.1, -0.05) is 19.3 Å². The van der Waals surface area contributed by atoms with Crippen molar-refractivity contribution in [3.63, 3.8) is 0 Å². The minimum absolute atomic E-state index is 0.0579. The van der Waals surface area contributed by atoms with Crippen molar-refractivity contribution in [2.24, 2.45) is 5.10 Å². The van der Waals surface area contributed by atoms with E-state index in [1.54, 1.807) is 0 Å². The van der Waals surface area contributed by atoms with E-state index in [2.05, 4.69) is 15.8 Å². The van der Waals surface area contributed by atoms with Crippen LogP contribution in [0.25, 0.3) is 0 Å². The van der Waals surface area contributed by atoms with E-state index in [0.29, 0.717) is 16.9 Å². The zero-order chi connectivity index (χ0) is 19.8. The summed E-state index contributed by atoms with van der Waals surface area (Å²) < 4.78 is 5.62. The topological polar surface area (TPSA) is 66.0 Å². The van der Waals surface area contributed by atoms with E-state index in [1.165, 1.54) is 32.1 Å². The van der Waals surface area contributed by atoms with Crippen LogP contribution in [0.5, 0.6) is 5.75 Å². The van der Waals surface area contributed by atoms with Gasteiger partial charge >= 0.3 is 0 Å². The van der Waals surface area contributed by atoms with E-state index in [0.717, 1.165) is 37.2 Å². The zero-order valence-corrected chi connectivity index (χ0v) is 17.4. The van der Waals surface area contributed by atoms with E-state index in [4.69, 9.17) is 17.0 Å². The molecule has 1 amide bonds. The number of hydrazone groups is 1. The molecule has 0 radical (unpaired) electrons. The summed E-state index contributed by atoms with van der Waals surface area (Å²) in [4.78, 5) is 13.9. The van der Waals surface area contributed by atoms with Crippen molar-refractivity contribution < 1.29 is 9.53 Å². The number of carbonyl (C=O) groups excluding carboxylic acids is 1. The molecule has 28 heavy (non-hydrogen) atoms. The average molecular weight is 403 g/mol. The molecule has 0 bridgehead atoms. The Kier molecular flexibility index (Phi) is 7.65. The van der Waals surface area contributed by atoms with Gasteiger partial charge in [-0.25, -0.2) is 0 Å². The molecule has 152 valence electrons. The van der Waals surface area contributed by atoms with Crippen LogP contribution in [0.4, 0.5) is 0 Å². The number of hydrogen-bond acceptors (Lipinski definition) is 4. The predicted octanol–water partition coefficient (Wildman–Crippen LogP) is 3.21. The van der Waals surface area contributed by atoms with Gasteiger partial charge in [-0.3, -0.25) is 10.2 Å². The fourth-order valence-corrected chi connectivity index (χ4v) is 3.87. The highest BCUT2D eigenvalue weighted by Gasteiger charge is 2.18. The largest absolute Gasteiger partial charge is 0.484 e. The normalized spacial score (nSPS) is 18.0. The van der Waals surface area contributed by atoms with Crippen molar-refractivity contribution >= 4 is 28.9 Å². The molecule has 2 aliphatic rings. The number of nitrogens with one attached hydrogen (secondary N) is 2. The highest BCUT2D eigenvalue weighted by molar-refractivity contribution is 7.80. The predicted molar refractivity (Wildman–Crippen MR) is 116 cm³/mol. The van der Waals surface area contributed by atoms with Crippen LogP contribution >= 0.6 is 12.2 Å². The standard InChI is InChI=1S/C21H30N4O2S/c1-16(23-24-21(28)22-18-7-3-2-4-8-18)17-9-11-19(12-10-17)27-15-20(26)25-13-5-6-14-25/h9-12,18H,2-8,13-15H2,1H3,(H2,22,24,28)/b23-16+. The maximum atomic E-state index is 12.0. The quantitative estimate of drug-likeness (QED) is 0.435. The van der Waals surface area contributed by atoms with Gasteiger partial charge in [-0.15, -0.1) is 0 Å². The van der Waals surface area contributed by atoms with E-state index in [1.807, 2.05) is 36.1 Å². The Bertz CT molecular complexity index is 693.